The van der Waals surface area contributed by atoms with E-state index < -0.39 is 0 Å². The average molecular weight is 368 g/mol. The third-order valence-corrected chi connectivity index (χ3v) is 2.84. The number of rotatable bonds is 7. The van der Waals surface area contributed by atoms with Gasteiger partial charge in [-0.1, -0.05) is 22.6 Å². The van der Waals surface area contributed by atoms with Crippen LogP contribution >= 0.6 is 22.6 Å². The predicted octanol–water partition coefficient (Wildman–Crippen LogP) is 2.63. The fourth-order valence-electron chi connectivity index (χ4n) is 1.66. The fraction of sp³-hybridized carbons (Fsp3) is 0.500. The Hall–Kier alpha value is -0.890. The van der Waals surface area contributed by atoms with E-state index in [4.69, 9.17) is 23.7 Å². The number of benzene rings is 1. The van der Waals surface area contributed by atoms with Crippen molar-refractivity contribution in [1.29, 1.82) is 0 Å². The summed E-state index contributed by atoms with van der Waals surface area (Å²) >= 11 is 2.14. The second-order valence-corrected chi connectivity index (χ2v) is 3.92. The minimum Gasteiger partial charge on any atom is -0.493 e. The molecule has 0 aliphatic carbocycles. The van der Waals surface area contributed by atoms with Crippen LogP contribution in [-0.4, -0.2) is 33.1 Å². The lowest BCUT2D eigenvalue weighted by Gasteiger charge is -2.18. The standard InChI is InChI=1S/C12H17IO5/c1-14-9-5-8(6-18-7-13)10(15-2)12(17-4)11(9)16-3/h5H,6-7H2,1-4H3. The van der Waals surface area contributed by atoms with Crippen LogP contribution in [0.1, 0.15) is 5.56 Å². The highest BCUT2D eigenvalue weighted by Crippen LogP contribution is 2.46. The molecular weight excluding hydrogens is 351 g/mol. The Balaban J connectivity index is 3.33. The second-order valence-electron chi connectivity index (χ2n) is 3.30. The molecule has 0 bridgehead atoms. The summed E-state index contributed by atoms with van der Waals surface area (Å²) in [6.07, 6.45) is 0. The monoisotopic (exact) mass is 368 g/mol. The summed E-state index contributed by atoms with van der Waals surface area (Å²) in [6.45, 7) is 0.419. The molecule has 0 saturated heterocycles. The zero-order chi connectivity index (χ0) is 13.5. The third-order valence-electron chi connectivity index (χ3n) is 2.40. The Labute approximate surface area is 120 Å². The highest BCUT2D eigenvalue weighted by Gasteiger charge is 2.21. The smallest absolute Gasteiger partial charge is 0.207 e. The van der Waals surface area contributed by atoms with Crippen molar-refractivity contribution in [1.82, 2.24) is 0 Å². The second kappa shape index (κ2) is 7.52. The van der Waals surface area contributed by atoms with E-state index in [1.165, 1.54) is 0 Å². The molecule has 1 rings (SSSR count). The van der Waals surface area contributed by atoms with Gasteiger partial charge >= 0.3 is 0 Å². The van der Waals surface area contributed by atoms with E-state index in [0.717, 1.165) is 5.56 Å². The van der Waals surface area contributed by atoms with Gasteiger partial charge in [-0.3, -0.25) is 0 Å². The van der Waals surface area contributed by atoms with E-state index in [-0.39, 0.29) is 0 Å². The van der Waals surface area contributed by atoms with Crippen LogP contribution in [0.25, 0.3) is 0 Å². The molecule has 0 aliphatic rings. The molecule has 1 aromatic rings. The van der Waals surface area contributed by atoms with E-state index in [2.05, 4.69) is 22.6 Å². The van der Waals surface area contributed by atoms with Gasteiger partial charge in [0.25, 0.3) is 0 Å². The minimum absolute atomic E-state index is 0.419. The van der Waals surface area contributed by atoms with Crippen molar-refractivity contribution in [2.45, 2.75) is 6.61 Å². The van der Waals surface area contributed by atoms with Gasteiger partial charge in [0.1, 0.15) is 0 Å². The van der Waals surface area contributed by atoms with Crippen molar-refractivity contribution >= 4 is 22.6 Å². The summed E-state index contributed by atoms with van der Waals surface area (Å²) in [4.78, 5) is 0. The molecule has 0 aromatic heterocycles. The average Bonchev–Trinajstić information content (AvgIpc) is 2.42. The van der Waals surface area contributed by atoms with E-state index in [9.17, 15) is 0 Å². The van der Waals surface area contributed by atoms with Gasteiger partial charge in [-0.2, -0.15) is 0 Å². The number of halogens is 1. The first-order valence-corrected chi connectivity index (χ1v) is 6.75. The maximum Gasteiger partial charge on any atom is 0.207 e. The van der Waals surface area contributed by atoms with Gasteiger partial charge < -0.3 is 23.7 Å². The Bertz CT molecular complexity index is 395. The maximum atomic E-state index is 5.39. The quantitative estimate of drug-likeness (QED) is 0.547. The molecular formula is C12H17IO5. The summed E-state index contributed by atoms with van der Waals surface area (Å²) in [6, 6.07) is 1.83. The number of methoxy groups -OCH3 is 4. The molecule has 0 radical (unpaired) electrons. The first-order chi connectivity index (χ1) is 8.73. The summed E-state index contributed by atoms with van der Waals surface area (Å²) in [5.74, 6) is 2.20. The van der Waals surface area contributed by atoms with E-state index in [1.54, 1.807) is 28.4 Å². The van der Waals surface area contributed by atoms with Gasteiger partial charge in [0.2, 0.25) is 11.5 Å². The lowest BCUT2D eigenvalue weighted by Crippen LogP contribution is -2.02. The van der Waals surface area contributed by atoms with Gasteiger partial charge in [-0.05, 0) is 6.07 Å². The van der Waals surface area contributed by atoms with E-state index >= 15 is 0 Å². The molecule has 0 N–H and O–H groups in total. The first kappa shape index (κ1) is 15.2. The summed E-state index contributed by atoms with van der Waals surface area (Å²) in [5.41, 5.74) is 0.851. The molecule has 0 heterocycles. The highest BCUT2D eigenvalue weighted by atomic mass is 127. The van der Waals surface area contributed by atoms with E-state index in [0.29, 0.717) is 34.2 Å². The van der Waals surface area contributed by atoms with Crippen LogP contribution in [0, 0.1) is 0 Å². The zero-order valence-corrected chi connectivity index (χ0v) is 13.1. The molecule has 0 fully saturated rings. The topological polar surface area (TPSA) is 46.2 Å². The Morgan fingerprint density at radius 1 is 0.889 bits per heavy atom. The van der Waals surface area contributed by atoms with Crippen LogP contribution in [-0.2, 0) is 11.3 Å². The molecule has 6 heteroatoms. The molecule has 0 aliphatic heterocycles. The normalized spacial score (nSPS) is 10.1. The maximum absolute atomic E-state index is 5.39. The molecule has 5 nitrogen and oxygen atoms in total. The van der Waals surface area contributed by atoms with Gasteiger partial charge in [-0.15, -0.1) is 0 Å². The molecule has 18 heavy (non-hydrogen) atoms. The molecule has 0 atom stereocenters. The third kappa shape index (κ3) is 3.11. The SMILES string of the molecule is COc1cc(COCI)c(OC)c(OC)c1OC. The van der Waals surface area contributed by atoms with Crippen LogP contribution in [0.15, 0.2) is 6.07 Å². The van der Waals surface area contributed by atoms with Crippen LogP contribution in [0.5, 0.6) is 23.0 Å². The lowest BCUT2D eigenvalue weighted by molar-refractivity contribution is 0.172. The number of ether oxygens (including phenoxy) is 5. The van der Waals surface area contributed by atoms with Crippen molar-refractivity contribution in [2.75, 3.05) is 33.1 Å². The van der Waals surface area contributed by atoms with Crippen LogP contribution in [0.2, 0.25) is 0 Å². The summed E-state index contributed by atoms with van der Waals surface area (Å²) in [7, 11) is 6.27. The fourth-order valence-corrected chi connectivity index (χ4v) is 1.88. The molecule has 102 valence electrons. The molecule has 0 spiro atoms. The van der Waals surface area contributed by atoms with Crippen LogP contribution in [0.3, 0.4) is 0 Å². The van der Waals surface area contributed by atoms with Gasteiger partial charge in [0.05, 0.1) is 39.7 Å². The summed E-state index contributed by atoms with van der Waals surface area (Å²) < 4.78 is 27.3. The first-order valence-electron chi connectivity index (χ1n) is 5.23. The van der Waals surface area contributed by atoms with Crippen molar-refractivity contribution in [2.24, 2.45) is 0 Å². The molecule has 1 aromatic carbocycles. The number of hydrogen-bond acceptors (Lipinski definition) is 5. The van der Waals surface area contributed by atoms with Crippen molar-refractivity contribution in [3.63, 3.8) is 0 Å². The number of alkyl halides is 1. The van der Waals surface area contributed by atoms with Gasteiger partial charge in [0.15, 0.2) is 11.5 Å². The highest BCUT2D eigenvalue weighted by molar-refractivity contribution is 14.1. The van der Waals surface area contributed by atoms with Crippen LogP contribution < -0.4 is 18.9 Å². The minimum atomic E-state index is 0.419. The van der Waals surface area contributed by atoms with Gasteiger partial charge in [0, 0.05) is 5.56 Å². The largest absolute Gasteiger partial charge is 0.493 e. The van der Waals surface area contributed by atoms with Crippen molar-refractivity contribution in [3.8, 4) is 23.0 Å². The van der Waals surface area contributed by atoms with Crippen molar-refractivity contribution in [3.05, 3.63) is 11.6 Å². The Morgan fingerprint density at radius 2 is 1.50 bits per heavy atom. The predicted molar refractivity (Wildman–Crippen MR) is 76.3 cm³/mol. The Morgan fingerprint density at radius 3 is 1.94 bits per heavy atom. The molecule has 0 amide bonds. The zero-order valence-electron chi connectivity index (χ0n) is 10.9. The Kier molecular flexibility index (Phi) is 6.34. The molecule has 0 saturated carbocycles. The molecule has 0 unspecified atom stereocenters. The van der Waals surface area contributed by atoms with Crippen LogP contribution in [0.4, 0.5) is 0 Å². The summed E-state index contributed by atoms with van der Waals surface area (Å²) in [5, 5.41) is 0. The van der Waals surface area contributed by atoms with Gasteiger partial charge in [-0.25, -0.2) is 0 Å². The van der Waals surface area contributed by atoms with Crippen molar-refractivity contribution < 1.29 is 23.7 Å². The van der Waals surface area contributed by atoms with E-state index in [1.807, 2.05) is 6.07 Å². The number of hydrogen-bond donors (Lipinski definition) is 0. The lowest BCUT2D eigenvalue weighted by atomic mass is 10.1.